The average Bonchev–Trinajstić information content (AvgIpc) is 2.23. The van der Waals surface area contributed by atoms with Crippen molar-refractivity contribution in [1.29, 1.82) is 0 Å². The minimum absolute atomic E-state index is 0.583. The van der Waals surface area contributed by atoms with Crippen LogP contribution >= 0.6 is 0 Å². The lowest BCUT2D eigenvalue weighted by Crippen LogP contribution is -2.52. The monoisotopic (exact) mass is 312 g/mol. The lowest BCUT2D eigenvalue weighted by atomic mass is 10.4. The Morgan fingerprint density at radius 2 is 1.47 bits per heavy atom. The van der Waals surface area contributed by atoms with E-state index in [1.54, 1.807) is 0 Å². The van der Waals surface area contributed by atoms with E-state index >= 15 is 0 Å². The number of hydrogen-bond donors (Lipinski definition) is 0. The van der Waals surface area contributed by atoms with Crippen LogP contribution in [0, 0.1) is 0 Å². The summed E-state index contributed by atoms with van der Waals surface area (Å²) in [5.41, 5.74) is 0.583. The van der Waals surface area contributed by atoms with Gasteiger partial charge in [0.15, 0.2) is 17.4 Å². The van der Waals surface area contributed by atoms with Gasteiger partial charge in [0.05, 0.1) is 0 Å². The fraction of sp³-hybridized carbons (Fsp3) is 0.571. The van der Waals surface area contributed by atoms with Gasteiger partial charge >= 0.3 is 8.56 Å². The third kappa shape index (κ3) is 6.18. The summed E-state index contributed by atoms with van der Waals surface area (Å²) >= 11 is 0. The molecule has 0 aliphatic rings. The summed E-state index contributed by atoms with van der Waals surface area (Å²) in [5.74, 6) is 0. The van der Waals surface area contributed by atoms with E-state index in [4.69, 9.17) is 8.23 Å². The Labute approximate surface area is 122 Å². The van der Waals surface area contributed by atoms with Crippen molar-refractivity contribution >= 4 is 31.1 Å². The van der Waals surface area contributed by atoms with Gasteiger partial charge in [-0.3, -0.25) is 0 Å². The van der Waals surface area contributed by atoms with Gasteiger partial charge in [-0.2, -0.15) is 0 Å². The van der Waals surface area contributed by atoms with Gasteiger partial charge in [0.2, 0.25) is 0 Å². The zero-order valence-electron chi connectivity index (χ0n) is 13.4. The van der Waals surface area contributed by atoms with Crippen molar-refractivity contribution in [2.45, 2.75) is 52.1 Å². The Hall–Kier alpha value is -0.209. The molecule has 0 aliphatic heterocycles. The molecule has 0 heterocycles. The maximum atomic E-state index is 6.55. The molecular formula is C14H28O2Si3. The molecule has 5 heteroatoms. The van der Waals surface area contributed by atoms with Crippen LogP contribution in [0.4, 0.5) is 0 Å². The van der Waals surface area contributed by atoms with E-state index in [0.29, 0.717) is 5.54 Å². The van der Waals surface area contributed by atoms with E-state index in [9.17, 15) is 0 Å². The van der Waals surface area contributed by atoms with E-state index in [1.165, 1.54) is 5.19 Å². The van der Waals surface area contributed by atoms with Crippen LogP contribution in [0.15, 0.2) is 30.3 Å². The number of benzene rings is 1. The molecule has 0 aliphatic carbocycles. The van der Waals surface area contributed by atoms with Crippen molar-refractivity contribution in [3.05, 3.63) is 30.3 Å². The van der Waals surface area contributed by atoms with Crippen molar-refractivity contribution in [2.75, 3.05) is 0 Å². The second-order valence-corrected chi connectivity index (χ2v) is 18.4. The normalized spacial score (nSPS) is 14.7. The Morgan fingerprint density at radius 1 is 0.947 bits per heavy atom. The summed E-state index contributed by atoms with van der Waals surface area (Å²) in [6, 6.07) is 10.7. The molecule has 108 valence electrons. The summed E-state index contributed by atoms with van der Waals surface area (Å²) in [7, 11) is -4.98. The first kappa shape index (κ1) is 16.8. The van der Waals surface area contributed by atoms with Crippen molar-refractivity contribution in [3.63, 3.8) is 0 Å². The first-order chi connectivity index (χ1) is 8.61. The zero-order valence-corrected chi connectivity index (χ0v) is 16.5. The van der Waals surface area contributed by atoms with E-state index in [0.717, 1.165) is 0 Å². The van der Waals surface area contributed by atoms with Gasteiger partial charge in [0, 0.05) is 0 Å². The standard InChI is InChI=1S/C14H28O2Si3/c1-13(2)17(14-11-9-8-10-12-14)15-19(6,7)16-18(3,4)5/h8-13,17H,1-7H3. The summed E-state index contributed by atoms with van der Waals surface area (Å²) < 4.78 is 12.9. The molecule has 1 atom stereocenters. The van der Waals surface area contributed by atoms with Crippen LogP contribution in [0.25, 0.3) is 0 Å². The van der Waals surface area contributed by atoms with Gasteiger partial charge in [-0.05, 0) is 43.5 Å². The second kappa shape index (κ2) is 6.49. The second-order valence-electron chi connectivity index (χ2n) is 6.81. The Morgan fingerprint density at radius 3 is 1.89 bits per heavy atom. The van der Waals surface area contributed by atoms with Crippen molar-refractivity contribution in [1.82, 2.24) is 0 Å². The average molecular weight is 313 g/mol. The summed E-state index contributed by atoms with van der Waals surface area (Å²) in [4.78, 5) is 0. The third-order valence-corrected chi connectivity index (χ3v) is 12.7. The molecule has 19 heavy (non-hydrogen) atoms. The molecule has 1 unspecified atom stereocenters. The van der Waals surface area contributed by atoms with Gasteiger partial charge in [0.25, 0.3) is 0 Å². The van der Waals surface area contributed by atoms with Gasteiger partial charge < -0.3 is 8.23 Å². The third-order valence-electron chi connectivity index (χ3n) is 2.70. The molecule has 0 saturated carbocycles. The predicted molar refractivity (Wildman–Crippen MR) is 91.3 cm³/mol. The molecule has 0 amide bonds. The first-order valence-corrected chi connectivity index (χ1v) is 15.0. The van der Waals surface area contributed by atoms with Crippen LogP contribution in [-0.4, -0.2) is 25.9 Å². The van der Waals surface area contributed by atoms with Crippen LogP contribution in [0.5, 0.6) is 0 Å². The van der Waals surface area contributed by atoms with Crippen LogP contribution in [0.2, 0.25) is 38.3 Å². The Balaban J connectivity index is 2.85. The number of hydrogen-bond acceptors (Lipinski definition) is 2. The van der Waals surface area contributed by atoms with Crippen LogP contribution in [-0.2, 0) is 8.23 Å². The minimum Gasteiger partial charge on any atom is -0.437 e. The lowest BCUT2D eigenvalue weighted by Gasteiger charge is -2.35. The molecule has 2 nitrogen and oxygen atoms in total. The fourth-order valence-corrected chi connectivity index (χ4v) is 14.3. The number of rotatable bonds is 6. The van der Waals surface area contributed by atoms with E-state index in [-0.39, 0.29) is 0 Å². The van der Waals surface area contributed by atoms with Gasteiger partial charge in [0.1, 0.15) is 0 Å². The van der Waals surface area contributed by atoms with E-state index in [1.807, 2.05) is 0 Å². The SMILES string of the molecule is CC(C)[SiH](O[Si](C)(C)O[Si](C)(C)C)c1ccccc1. The van der Waals surface area contributed by atoms with Crippen molar-refractivity contribution in [3.8, 4) is 0 Å². The van der Waals surface area contributed by atoms with Gasteiger partial charge in [-0.25, -0.2) is 0 Å². The highest BCUT2D eigenvalue weighted by molar-refractivity contribution is 6.86. The van der Waals surface area contributed by atoms with E-state index in [2.05, 4.69) is 76.9 Å². The molecular weight excluding hydrogens is 284 g/mol. The zero-order chi connectivity index (χ0) is 14.7. The minimum atomic E-state index is -2.02. The highest BCUT2D eigenvalue weighted by Gasteiger charge is 2.35. The largest absolute Gasteiger partial charge is 0.437 e. The molecule has 0 aromatic heterocycles. The smallest absolute Gasteiger partial charge is 0.311 e. The molecule has 0 saturated heterocycles. The fourth-order valence-electron chi connectivity index (χ4n) is 2.30. The molecule has 1 aromatic carbocycles. The molecule has 0 fully saturated rings. The van der Waals surface area contributed by atoms with E-state index < -0.39 is 25.9 Å². The summed E-state index contributed by atoms with van der Waals surface area (Å²) in [6.07, 6.45) is 0. The quantitative estimate of drug-likeness (QED) is 0.747. The van der Waals surface area contributed by atoms with Crippen LogP contribution in [0.1, 0.15) is 13.8 Å². The van der Waals surface area contributed by atoms with Crippen molar-refractivity contribution < 1.29 is 8.23 Å². The molecule has 1 aromatic rings. The predicted octanol–water partition coefficient (Wildman–Crippen LogP) is 3.60. The van der Waals surface area contributed by atoms with Crippen molar-refractivity contribution in [2.24, 2.45) is 0 Å². The molecule has 0 spiro atoms. The summed E-state index contributed by atoms with van der Waals surface area (Å²) in [5, 5.41) is 1.39. The van der Waals surface area contributed by atoms with Gasteiger partial charge in [-0.1, -0.05) is 44.2 Å². The molecule has 0 radical (unpaired) electrons. The maximum absolute atomic E-state index is 6.55. The molecule has 0 N–H and O–H groups in total. The van der Waals surface area contributed by atoms with Gasteiger partial charge in [-0.15, -0.1) is 0 Å². The highest BCUT2D eigenvalue weighted by atomic mass is 28.5. The maximum Gasteiger partial charge on any atom is 0.311 e. The highest BCUT2D eigenvalue weighted by Crippen LogP contribution is 2.20. The topological polar surface area (TPSA) is 18.5 Å². The molecule has 0 bridgehead atoms. The Kier molecular flexibility index (Phi) is 5.76. The summed E-state index contributed by atoms with van der Waals surface area (Å²) in [6.45, 7) is 15.6. The lowest BCUT2D eigenvalue weighted by molar-refractivity contribution is 0.401. The van der Waals surface area contributed by atoms with Crippen LogP contribution < -0.4 is 5.19 Å². The Bertz CT molecular complexity index is 385. The first-order valence-electron chi connectivity index (χ1n) is 7.04. The molecule has 1 rings (SSSR count). The van der Waals surface area contributed by atoms with Crippen LogP contribution in [0.3, 0.4) is 0 Å².